The number of anilines is 1. The molecule has 2 aromatic heterocycles. The summed E-state index contributed by atoms with van der Waals surface area (Å²) in [4.78, 5) is 9.77. The van der Waals surface area contributed by atoms with E-state index >= 15 is 0 Å². The van der Waals surface area contributed by atoms with E-state index in [2.05, 4.69) is 22.3 Å². The second-order valence-corrected chi connectivity index (χ2v) is 9.17. The minimum Gasteiger partial charge on any atom is -0.394 e. The Bertz CT molecular complexity index is 854. The van der Waals surface area contributed by atoms with Crippen molar-refractivity contribution in [2.24, 2.45) is 0 Å². The maximum absolute atomic E-state index is 9.07. The summed E-state index contributed by atoms with van der Waals surface area (Å²) in [7, 11) is 1.88. The van der Waals surface area contributed by atoms with E-state index < -0.39 is 0 Å². The Morgan fingerprint density at radius 3 is 2.92 bits per heavy atom. The molecule has 2 N–H and O–H groups in total. The highest BCUT2D eigenvalue weighted by molar-refractivity contribution is 7.29. The van der Waals surface area contributed by atoms with Gasteiger partial charge in [0.2, 0.25) is 0 Å². The van der Waals surface area contributed by atoms with E-state index in [4.69, 9.17) is 15.7 Å². The van der Waals surface area contributed by atoms with E-state index in [0.717, 1.165) is 66.2 Å². The average Bonchev–Trinajstić information content (AvgIpc) is 3.23. The first-order chi connectivity index (χ1) is 12.7. The van der Waals surface area contributed by atoms with Crippen molar-refractivity contribution in [1.29, 1.82) is 10.7 Å². The van der Waals surface area contributed by atoms with Crippen molar-refractivity contribution in [3.05, 3.63) is 22.7 Å². The predicted molar refractivity (Wildman–Crippen MR) is 112 cm³/mol. The lowest BCUT2D eigenvalue weighted by Gasteiger charge is -2.28. The van der Waals surface area contributed by atoms with Gasteiger partial charge in [0.1, 0.15) is 4.83 Å². The summed E-state index contributed by atoms with van der Waals surface area (Å²) in [6, 6.07) is 2.33. The van der Waals surface area contributed by atoms with Gasteiger partial charge in [-0.2, -0.15) is 0 Å². The standard InChI is InChI=1S/C18H22BN5S2/c1-22-9-13-10-24(7-4-14(13)21)18-23-17-16(26-18)8-15(25-17)12-2-5-19(11-20)6-3-12/h8-9,12,21-22H,2-7,10H2,1H3/b13-9-,21-14?. The van der Waals surface area contributed by atoms with Crippen molar-refractivity contribution in [3.63, 3.8) is 0 Å². The third-order valence-electron chi connectivity index (χ3n) is 5.38. The van der Waals surface area contributed by atoms with E-state index in [1.165, 1.54) is 9.58 Å². The molecule has 4 heterocycles. The van der Waals surface area contributed by atoms with E-state index in [1.54, 1.807) is 11.3 Å². The lowest BCUT2D eigenvalue weighted by atomic mass is 9.42. The van der Waals surface area contributed by atoms with Gasteiger partial charge in [-0.3, -0.25) is 0 Å². The van der Waals surface area contributed by atoms with Crippen LogP contribution in [-0.2, 0) is 0 Å². The minimum absolute atomic E-state index is 0.259. The van der Waals surface area contributed by atoms with E-state index in [0.29, 0.717) is 5.92 Å². The molecule has 134 valence electrons. The van der Waals surface area contributed by atoms with Gasteiger partial charge >= 0.3 is 0 Å². The van der Waals surface area contributed by atoms with E-state index in [1.807, 2.05) is 24.6 Å². The predicted octanol–water partition coefficient (Wildman–Crippen LogP) is 4.13. The number of nitrogens with one attached hydrogen (secondary N) is 2. The summed E-state index contributed by atoms with van der Waals surface area (Å²) in [6.07, 6.45) is 7.03. The Balaban J connectivity index is 1.49. The molecule has 26 heavy (non-hydrogen) atoms. The van der Waals surface area contributed by atoms with Gasteiger partial charge in [0.05, 0.1) is 4.70 Å². The number of hydrogen-bond donors (Lipinski definition) is 2. The molecule has 0 spiro atoms. The molecule has 0 aromatic carbocycles. The van der Waals surface area contributed by atoms with Crippen molar-refractivity contribution in [1.82, 2.24) is 10.3 Å². The second kappa shape index (κ2) is 7.41. The quantitative estimate of drug-likeness (QED) is 0.782. The zero-order valence-electron chi connectivity index (χ0n) is 14.9. The lowest BCUT2D eigenvalue weighted by molar-refractivity contribution is 0.621. The van der Waals surface area contributed by atoms with E-state index in [-0.39, 0.29) is 6.71 Å². The summed E-state index contributed by atoms with van der Waals surface area (Å²) < 4.78 is 1.28. The van der Waals surface area contributed by atoms with Crippen LogP contribution in [0.15, 0.2) is 17.8 Å². The smallest absolute Gasteiger partial charge is 0.267 e. The maximum atomic E-state index is 9.07. The summed E-state index contributed by atoms with van der Waals surface area (Å²) in [6.45, 7) is 1.88. The van der Waals surface area contributed by atoms with Crippen LogP contribution >= 0.6 is 22.7 Å². The van der Waals surface area contributed by atoms with Crippen LogP contribution in [0, 0.1) is 16.6 Å². The highest BCUT2D eigenvalue weighted by Crippen LogP contribution is 2.42. The van der Waals surface area contributed by atoms with Crippen LogP contribution in [0.5, 0.6) is 0 Å². The van der Waals surface area contributed by atoms with Crippen molar-refractivity contribution in [3.8, 4) is 5.97 Å². The molecule has 0 bridgehead atoms. The largest absolute Gasteiger partial charge is 0.394 e. The molecule has 0 unspecified atom stereocenters. The number of thiophene rings is 1. The zero-order valence-corrected chi connectivity index (χ0v) is 16.6. The summed E-state index contributed by atoms with van der Waals surface area (Å²) in [5, 5.41) is 21.3. The number of rotatable bonds is 3. The summed E-state index contributed by atoms with van der Waals surface area (Å²) >= 11 is 3.60. The Morgan fingerprint density at radius 2 is 2.23 bits per heavy atom. The van der Waals surface area contributed by atoms with Crippen molar-refractivity contribution in [2.75, 3.05) is 25.0 Å². The molecule has 2 aliphatic rings. The van der Waals surface area contributed by atoms with Gasteiger partial charge in [-0.1, -0.05) is 36.8 Å². The Kier molecular flexibility index (Phi) is 5.01. The lowest BCUT2D eigenvalue weighted by Crippen LogP contribution is -2.36. The fraction of sp³-hybridized carbons (Fsp3) is 0.500. The number of fused-ring (bicyclic) bond motifs is 1. The first-order valence-electron chi connectivity index (χ1n) is 9.17. The van der Waals surface area contributed by atoms with Crippen LogP contribution < -0.4 is 10.2 Å². The van der Waals surface area contributed by atoms with Gasteiger partial charge in [0.25, 0.3) is 6.71 Å². The number of aromatic nitrogens is 1. The van der Waals surface area contributed by atoms with Crippen LogP contribution in [-0.4, -0.2) is 37.5 Å². The second-order valence-electron chi connectivity index (χ2n) is 7.10. The number of piperidine rings is 1. The highest BCUT2D eigenvalue weighted by atomic mass is 32.1. The molecule has 8 heteroatoms. The van der Waals surface area contributed by atoms with Gasteiger partial charge in [0, 0.05) is 54.9 Å². The molecule has 0 radical (unpaired) electrons. The molecule has 0 aliphatic carbocycles. The molecular weight excluding hydrogens is 361 g/mol. The third kappa shape index (κ3) is 3.38. The molecular formula is C18H22BN5S2. The molecule has 2 aromatic rings. The fourth-order valence-electron chi connectivity index (χ4n) is 3.84. The molecule has 0 amide bonds. The zero-order chi connectivity index (χ0) is 18.1. The Labute approximate surface area is 162 Å². The van der Waals surface area contributed by atoms with Crippen LogP contribution in [0.4, 0.5) is 5.13 Å². The number of thiazole rings is 1. The number of nitrogens with zero attached hydrogens (tertiary/aromatic N) is 3. The Morgan fingerprint density at radius 1 is 1.42 bits per heavy atom. The first kappa shape index (κ1) is 17.6. The average molecular weight is 383 g/mol. The van der Waals surface area contributed by atoms with Crippen LogP contribution in [0.25, 0.3) is 9.53 Å². The molecule has 2 saturated heterocycles. The molecule has 0 saturated carbocycles. The summed E-state index contributed by atoms with van der Waals surface area (Å²) in [5.74, 6) is 3.03. The number of hydrogen-bond acceptors (Lipinski definition) is 7. The monoisotopic (exact) mass is 383 g/mol. The molecule has 2 aliphatic heterocycles. The molecule has 5 nitrogen and oxygen atoms in total. The number of nitriles is 1. The van der Waals surface area contributed by atoms with Crippen molar-refractivity contribution < 1.29 is 0 Å². The highest BCUT2D eigenvalue weighted by Gasteiger charge is 2.27. The normalized spacial score (nSPS) is 20.8. The third-order valence-corrected chi connectivity index (χ3v) is 7.76. The van der Waals surface area contributed by atoms with Crippen LogP contribution in [0.1, 0.15) is 30.1 Å². The first-order valence-corrected chi connectivity index (χ1v) is 10.8. The van der Waals surface area contributed by atoms with Gasteiger partial charge in [-0.15, -0.1) is 11.3 Å². The molecule has 0 atom stereocenters. The molecule has 2 fully saturated rings. The van der Waals surface area contributed by atoms with Gasteiger partial charge in [-0.25, -0.2) is 10.2 Å². The van der Waals surface area contributed by atoms with Gasteiger partial charge in [-0.05, 0) is 12.0 Å². The van der Waals surface area contributed by atoms with Crippen molar-refractivity contribution >= 4 is 49.8 Å². The topological polar surface area (TPSA) is 75.8 Å². The Hall–Kier alpha value is -1.85. The molecule has 4 rings (SSSR count). The SMILES string of the molecule is CN/C=C1/CN(c2nc3sc(C4CCB(C#N)CC4)cc3s2)CCC1=N. The fourth-order valence-corrected chi connectivity index (χ4v) is 6.26. The maximum Gasteiger partial charge on any atom is 0.267 e. The van der Waals surface area contributed by atoms with E-state index in [9.17, 15) is 0 Å². The minimum atomic E-state index is 0.259. The van der Waals surface area contributed by atoms with Crippen LogP contribution in [0.3, 0.4) is 0 Å². The van der Waals surface area contributed by atoms with Crippen LogP contribution in [0.2, 0.25) is 12.6 Å². The van der Waals surface area contributed by atoms with Gasteiger partial charge in [0.15, 0.2) is 5.13 Å². The van der Waals surface area contributed by atoms with Crippen molar-refractivity contribution in [2.45, 2.75) is 37.8 Å². The summed E-state index contributed by atoms with van der Waals surface area (Å²) in [5.41, 5.74) is 1.77. The van der Waals surface area contributed by atoms with Gasteiger partial charge < -0.3 is 15.6 Å².